The summed E-state index contributed by atoms with van der Waals surface area (Å²) in [5.41, 5.74) is 2.86. The molecule has 0 bridgehead atoms. The fourth-order valence-corrected chi connectivity index (χ4v) is 4.64. The molecule has 0 saturated heterocycles. The van der Waals surface area contributed by atoms with Crippen molar-refractivity contribution in [2.75, 3.05) is 16.2 Å². The van der Waals surface area contributed by atoms with E-state index >= 15 is 0 Å². The zero-order chi connectivity index (χ0) is 16.6. The normalized spacial score (nSPS) is 13.7. The van der Waals surface area contributed by atoms with Gasteiger partial charge in [0, 0.05) is 34.8 Å². The third-order valence-electron chi connectivity index (χ3n) is 3.58. The van der Waals surface area contributed by atoms with Crippen molar-refractivity contribution in [3.63, 3.8) is 0 Å². The molecule has 0 atom stereocenters. The van der Waals surface area contributed by atoms with Crippen molar-refractivity contribution in [3.05, 3.63) is 53.0 Å². The number of nitrogens with one attached hydrogen (secondary N) is 1. The highest BCUT2D eigenvalue weighted by molar-refractivity contribution is 9.10. The SMILES string of the molecule is C=C(C)N1CCc2cc(Br)c(S(=O)(=O)Nc3cnccn3)cc21. The van der Waals surface area contributed by atoms with Crippen LogP contribution in [0.3, 0.4) is 0 Å². The van der Waals surface area contributed by atoms with E-state index in [1.807, 2.05) is 17.9 Å². The summed E-state index contributed by atoms with van der Waals surface area (Å²) >= 11 is 3.36. The molecule has 1 aromatic heterocycles. The number of fused-ring (bicyclic) bond motifs is 1. The lowest BCUT2D eigenvalue weighted by atomic mass is 10.2. The van der Waals surface area contributed by atoms with Gasteiger partial charge in [-0.1, -0.05) is 6.58 Å². The standard InChI is InChI=1S/C15H15BrN4O2S/c1-10(2)20-6-3-11-7-12(16)14(8-13(11)20)23(21,22)19-15-9-17-4-5-18-15/h4-5,7-9H,1,3,6H2,2H3,(H,18,19). The Morgan fingerprint density at radius 2 is 2.17 bits per heavy atom. The van der Waals surface area contributed by atoms with Crippen LogP contribution in [0.1, 0.15) is 12.5 Å². The van der Waals surface area contributed by atoms with Crippen molar-refractivity contribution in [3.8, 4) is 0 Å². The first-order valence-corrected chi connectivity index (χ1v) is 9.20. The van der Waals surface area contributed by atoms with E-state index in [0.717, 1.165) is 29.9 Å². The molecular formula is C15H15BrN4O2S. The number of allylic oxidation sites excluding steroid dienone is 1. The number of benzene rings is 1. The Bertz CT molecular complexity index is 869. The first-order chi connectivity index (χ1) is 10.9. The van der Waals surface area contributed by atoms with Crippen LogP contribution in [0.2, 0.25) is 0 Å². The monoisotopic (exact) mass is 394 g/mol. The molecule has 3 rings (SSSR count). The molecule has 0 fully saturated rings. The maximum atomic E-state index is 12.6. The van der Waals surface area contributed by atoms with Gasteiger partial charge >= 0.3 is 0 Å². The Morgan fingerprint density at radius 1 is 1.39 bits per heavy atom. The summed E-state index contributed by atoms with van der Waals surface area (Å²) in [6.07, 6.45) is 5.13. The molecule has 0 amide bonds. The largest absolute Gasteiger partial charge is 0.345 e. The fraction of sp³-hybridized carbons (Fsp3) is 0.200. The third kappa shape index (κ3) is 3.09. The number of hydrogen-bond acceptors (Lipinski definition) is 5. The lowest BCUT2D eigenvalue weighted by Gasteiger charge is -2.20. The Labute approximate surface area is 143 Å². The van der Waals surface area contributed by atoms with Gasteiger partial charge in [0.1, 0.15) is 4.90 Å². The Morgan fingerprint density at radius 3 is 2.83 bits per heavy atom. The second-order valence-electron chi connectivity index (χ2n) is 5.24. The van der Waals surface area contributed by atoms with Gasteiger partial charge in [-0.15, -0.1) is 0 Å². The van der Waals surface area contributed by atoms with E-state index in [-0.39, 0.29) is 10.7 Å². The molecule has 1 aliphatic heterocycles. The maximum Gasteiger partial charge on any atom is 0.264 e. The van der Waals surface area contributed by atoms with E-state index in [1.54, 1.807) is 6.07 Å². The molecule has 0 saturated carbocycles. The molecule has 120 valence electrons. The molecule has 1 aromatic carbocycles. The lowest BCUT2D eigenvalue weighted by molar-refractivity contribution is 0.600. The number of anilines is 2. The van der Waals surface area contributed by atoms with E-state index < -0.39 is 10.0 Å². The van der Waals surface area contributed by atoms with Gasteiger partial charge in [-0.05, 0) is 47.0 Å². The van der Waals surface area contributed by atoms with Gasteiger partial charge < -0.3 is 4.90 Å². The Kier molecular flexibility index (Phi) is 4.11. The maximum absolute atomic E-state index is 12.6. The summed E-state index contributed by atoms with van der Waals surface area (Å²) in [4.78, 5) is 9.98. The topological polar surface area (TPSA) is 75.2 Å². The predicted molar refractivity (Wildman–Crippen MR) is 92.8 cm³/mol. The highest BCUT2D eigenvalue weighted by atomic mass is 79.9. The van der Waals surface area contributed by atoms with Crippen LogP contribution in [-0.2, 0) is 16.4 Å². The molecule has 1 aliphatic rings. The quantitative estimate of drug-likeness (QED) is 0.862. The second-order valence-corrected chi connectivity index (χ2v) is 7.75. The van der Waals surface area contributed by atoms with Crippen LogP contribution in [0.15, 0.2) is 52.4 Å². The van der Waals surface area contributed by atoms with Crippen LogP contribution in [0.5, 0.6) is 0 Å². The third-order valence-corrected chi connectivity index (χ3v) is 5.89. The van der Waals surface area contributed by atoms with Crippen molar-refractivity contribution in [2.24, 2.45) is 0 Å². The summed E-state index contributed by atoms with van der Waals surface area (Å²) in [5.74, 6) is 0.177. The van der Waals surface area contributed by atoms with Crippen LogP contribution in [0, 0.1) is 0 Å². The number of sulfonamides is 1. The number of hydrogen-bond donors (Lipinski definition) is 1. The lowest BCUT2D eigenvalue weighted by Crippen LogP contribution is -2.18. The number of nitrogens with zero attached hydrogens (tertiary/aromatic N) is 3. The summed E-state index contributed by atoms with van der Waals surface area (Å²) in [6.45, 7) is 6.66. The van der Waals surface area contributed by atoms with Gasteiger partial charge in [-0.25, -0.2) is 13.4 Å². The molecule has 0 radical (unpaired) electrons. The Balaban J connectivity index is 2.03. The van der Waals surface area contributed by atoms with Crippen molar-refractivity contribution in [1.29, 1.82) is 0 Å². The molecule has 0 spiro atoms. The molecule has 1 N–H and O–H groups in total. The molecule has 0 aliphatic carbocycles. The van der Waals surface area contributed by atoms with E-state index in [4.69, 9.17) is 0 Å². The van der Waals surface area contributed by atoms with Crippen LogP contribution in [-0.4, -0.2) is 24.9 Å². The minimum Gasteiger partial charge on any atom is -0.345 e. The van der Waals surface area contributed by atoms with Crippen LogP contribution >= 0.6 is 15.9 Å². The highest BCUT2D eigenvalue weighted by Crippen LogP contribution is 2.37. The fourth-order valence-electron chi connectivity index (χ4n) is 2.53. The van der Waals surface area contributed by atoms with Crippen molar-refractivity contribution >= 4 is 37.5 Å². The minimum absolute atomic E-state index is 0.162. The zero-order valence-corrected chi connectivity index (χ0v) is 14.9. The summed E-state index contributed by atoms with van der Waals surface area (Å²) in [6, 6.07) is 3.52. The molecule has 6 nitrogen and oxygen atoms in total. The molecule has 8 heteroatoms. The van der Waals surface area contributed by atoms with Gasteiger partial charge in [0.2, 0.25) is 0 Å². The molecule has 2 aromatic rings. The molecule has 23 heavy (non-hydrogen) atoms. The smallest absolute Gasteiger partial charge is 0.264 e. The van der Waals surface area contributed by atoms with Gasteiger partial charge in [-0.2, -0.15) is 0 Å². The predicted octanol–water partition coefficient (Wildman–Crippen LogP) is 2.94. The first kappa shape index (κ1) is 15.9. The van der Waals surface area contributed by atoms with Gasteiger partial charge in [0.15, 0.2) is 5.82 Å². The molecular weight excluding hydrogens is 380 g/mol. The van der Waals surface area contributed by atoms with E-state index in [1.165, 1.54) is 18.6 Å². The van der Waals surface area contributed by atoms with Crippen molar-refractivity contribution in [1.82, 2.24) is 9.97 Å². The van der Waals surface area contributed by atoms with Gasteiger partial charge in [0.25, 0.3) is 10.0 Å². The average molecular weight is 395 g/mol. The van der Waals surface area contributed by atoms with Crippen molar-refractivity contribution < 1.29 is 8.42 Å². The number of halogens is 1. The molecule has 2 heterocycles. The second kappa shape index (κ2) is 5.93. The van der Waals surface area contributed by atoms with E-state index in [9.17, 15) is 8.42 Å². The summed E-state index contributed by atoms with van der Waals surface area (Å²) in [7, 11) is -3.77. The zero-order valence-electron chi connectivity index (χ0n) is 12.5. The number of rotatable bonds is 4. The van der Waals surface area contributed by atoms with Crippen LogP contribution in [0.25, 0.3) is 0 Å². The minimum atomic E-state index is -3.77. The summed E-state index contributed by atoms with van der Waals surface area (Å²) in [5, 5.41) is 0. The van der Waals surface area contributed by atoms with Crippen LogP contribution < -0.4 is 9.62 Å². The first-order valence-electron chi connectivity index (χ1n) is 6.93. The number of aromatic nitrogens is 2. The van der Waals surface area contributed by atoms with Crippen LogP contribution in [0.4, 0.5) is 11.5 Å². The molecule has 0 unspecified atom stereocenters. The average Bonchev–Trinajstić information content (AvgIpc) is 2.89. The summed E-state index contributed by atoms with van der Waals surface area (Å²) < 4.78 is 28.3. The highest BCUT2D eigenvalue weighted by Gasteiger charge is 2.26. The van der Waals surface area contributed by atoms with Gasteiger partial charge in [0.05, 0.1) is 6.20 Å². The van der Waals surface area contributed by atoms with E-state index in [2.05, 4.69) is 37.2 Å². The van der Waals surface area contributed by atoms with E-state index in [0.29, 0.717) is 4.47 Å². The Hall–Kier alpha value is -1.93. The van der Waals surface area contributed by atoms with Crippen molar-refractivity contribution in [2.45, 2.75) is 18.2 Å². The van der Waals surface area contributed by atoms with Gasteiger partial charge in [-0.3, -0.25) is 9.71 Å².